The fourth-order valence-corrected chi connectivity index (χ4v) is 3.75. The van der Waals surface area contributed by atoms with Gasteiger partial charge in [0.25, 0.3) is 0 Å². The van der Waals surface area contributed by atoms with Crippen molar-refractivity contribution >= 4 is 40.8 Å². The monoisotopic (exact) mass is 480 g/mol. The number of esters is 1. The van der Waals surface area contributed by atoms with E-state index in [2.05, 4.69) is 4.74 Å². The summed E-state index contributed by atoms with van der Waals surface area (Å²) < 4.78 is 76.0. The molecule has 0 aromatic heterocycles. The van der Waals surface area contributed by atoms with Crippen molar-refractivity contribution in [2.75, 3.05) is 7.11 Å². The Bertz CT molecular complexity index is 823. The maximum absolute atomic E-state index is 14.2. The van der Waals surface area contributed by atoms with Crippen LogP contribution in [0, 0.1) is 28.9 Å². The van der Waals surface area contributed by atoms with Gasteiger partial charge in [-0.15, -0.1) is 0 Å². The molecule has 2 atom stereocenters. The molecular formula is C18H16Cl3F5O3. The second-order valence-electron chi connectivity index (χ2n) is 7.09. The molecule has 3 nitrogen and oxygen atoms in total. The summed E-state index contributed by atoms with van der Waals surface area (Å²) in [6.07, 6.45) is -3.97. The molecule has 2 rings (SSSR count). The molecule has 1 saturated carbocycles. The van der Waals surface area contributed by atoms with Crippen molar-refractivity contribution < 1.29 is 36.2 Å². The maximum atomic E-state index is 14.2. The first-order valence-electron chi connectivity index (χ1n) is 8.18. The molecule has 1 aromatic rings. The zero-order valence-corrected chi connectivity index (χ0v) is 17.7. The number of benzene rings is 1. The molecule has 0 heterocycles. The first-order valence-corrected chi connectivity index (χ1v) is 9.32. The van der Waals surface area contributed by atoms with E-state index in [1.165, 1.54) is 7.11 Å². The molecular weight excluding hydrogens is 466 g/mol. The second-order valence-corrected chi connectivity index (χ2v) is 8.25. The van der Waals surface area contributed by atoms with Crippen LogP contribution >= 0.6 is 34.8 Å². The predicted octanol–water partition coefficient (Wildman–Crippen LogP) is 6.42. The van der Waals surface area contributed by atoms with E-state index in [-0.39, 0.29) is 5.56 Å². The summed E-state index contributed by atoms with van der Waals surface area (Å²) in [5.74, 6) is -4.81. The highest BCUT2D eigenvalue weighted by molar-refractivity contribution is 6.36. The lowest BCUT2D eigenvalue weighted by Gasteiger charge is -2.14. The number of carbonyl (C=O) groups is 1. The van der Waals surface area contributed by atoms with E-state index in [0.717, 1.165) is 6.08 Å². The Kier molecular flexibility index (Phi) is 7.15. The van der Waals surface area contributed by atoms with E-state index in [9.17, 15) is 26.7 Å². The van der Waals surface area contributed by atoms with Gasteiger partial charge in [-0.2, -0.15) is 13.2 Å². The summed E-state index contributed by atoms with van der Waals surface area (Å²) in [5, 5.41) is -2.42. The molecule has 29 heavy (non-hydrogen) atoms. The van der Waals surface area contributed by atoms with Crippen molar-refractivity contribution in [3.05, 3.63) is 43.9 Å². The van der Waals surface area contributed by atoms with Crippen LogP contribution in [0.15, 0.2) is 11.1 Å². The van der Waals surface area contributed by atoms with E-state index in [1.807, 2.05) is 0 Å². The zero-order valence-electron chi connectivity index (χ0n) is 15.4. The lowest BCUT2D eigenvalue weighted by Crippen LogP contribution is -2.12. The normalized spacial score (nSPS) is 21.3. The third-order valence-electron chi connectivity index (χ3n) is 4.85. The van der Waals surface area contributed by atoms with E-state index < -0.39 is 74.9 Å². The number of hydrogen-bond donors (Lipinski definition) is 0. The highest BCUT2D eigenvalue weighted by atomic mass is 35.5. The number of ether oxygens (including phenoxy) is 2. The fraction of sp³-hybridized carbons (Fsp3) is 0.500. The lowest BCUT2D eigenvalue weighted by molar-refractivity contribution is -0.147. The van der Waals surface area contributed by atoms with Crippen molar-refractivity contribution in [2.24, 2.45) is 17.3 Å². The van der Waals surface area contributed by atoms with Crippen LogP contribution < -0.4 is 0 Å². The van der Waals surface area contributed by atoms with Crippen molar-refractivity contribution in [2.45, 2.75) is 33.2 Å². The number of rotatable bonds is 6. The molecule has 0 amide bonds. The van der Waals surface area contributed by atoms with E-state index >= 15 is 0 Å². The zero-order chi connectivity index (χ0) is 22.3. The fourth-order valence-electron chi connectivity index (χ4n) is 3.04. The Labute approximate surface area is 178 Å². The van der Waals surface area contributed by atoms with Gasteiger partial charge in [-0.05, 0) is 11.3 Å². The summed E-state index contributed by atoms with van der Waals surface area (Å²) in [6.45, 7) is 2.06. The smallest absolute Gasteiger partial charge is 0.426 e. The molecule has 0 aliphatic heterocycles. The van der Waals surface area contributed by atoms with Crippen LogP contribution in [0.2, 0.25) is 10.0 Å². The summed E-state index contributed by atoms with van der Waals surface area (Å²) in [7, 11) is 1.23. The Morgan fingerprint density at radius 1 is 1.10 bits per heavy atom. The van der Waals surface area contributed by atoms with Gasteiger partial charge in [0.05, 0.1) is 28.1 Å². The van der Waals surface area contributed by atoms with Crippen LogP contribution in [-0.2, 0) is 27.5 Å². The van der Waals surface area contributed by atoms with Crippen LogP contribution in [0.1, 0.15) is 25.0 Å². The van der Waals surface area contributed by atoms with Crippen LogP contribution in [-0.4, -0.2) is 19.3 Å². The molecule has 1 aliphatic carbocycles. The van der Waals surface area contributed by atoms with Gasteiger partial charge in [0, 0.05) is 12.7 Å². The Morgan fingerprint density at radius 3 is 2.07 bits per heavy atom. The molecule has 0 N–H and O–H groups in total. The molecule has 1 fully saturated rings. The minimum Gasteiger partial charge on any atom is -0.460 e. The van der Waals surface area contributed by atoms with Gasteiger partial charge < -0.3 is 9.47 Å². The Morgan fingerprint density at radius 2 is 1.62 bits per heavy atom. The number of allylic oxidation sites excluding steroid dienone is 2. The van der Waals surface area contributed by atoms with Crippen molar-refractivity contribution in [3.8, 4) is 0 Å². The number of methoxy groups -OCH3 is 1. The SMILES string of the molecule is COCc1c(F)c(Cl)c(COC(=O)[C@@H]2[C@H](/C=C(\Cl)C(F)(F)F)C2(C)C)c(Cl)c1F. The molecule has 11 heteroatoms. The van der Waals surface area contributed by atoms with Gasteiger partial charge in [0.1, 0.15) is 11.6 Å². The third-order valence-corrected chi connectivity index (χ3v) is 5.98. The minimum atomic E-state index is -4.73. The molecule has 0 unspecified atom stereocenters. The van der Waals surface area contributed by atoms with Crippen molar-refractivity contribution in [3.63, 3.8) is 0 Å². The van der Waals surface area contributed by atoms with Crippen LogP contribution in [0.25, 0.3) is 0 Å². The van der Waals surface area contributed by atoms with Crippen LogP contribution in [0.4, 0.5) is 22.0 Å². The van der Waals surface area contributed by atoms with E-state index in [1.54, 1.807) is 13.8 Å². The first kappa shape index (κ1) is 24.2. The Balaban J connectivity index is 2.18. The highest BCUT2D eigenvalue weighted by Crippen LogP contribution is 2.60. The number of alkyl halides is 3. The van der Waals surface area contributed by atoms with E-state index in [0.29, 0.717) is 0 Å². The maximum Gasteiger partial charge on any atom is 0.426 e. The standard InChI is InChI=1S/C18H16Cl3F5O3/c1-17(2)9(4-10(19)18(24,25)26)11(17)16(27)29-6-7-12(20)14(22)8(5-28-3)15(23)13(7)21/h4,9,11H,5-6H2,1-3H3/b10-4-/t9-,11-/m0/s1. The summed E-state index contributed by atoms with van der Waals surface area (Å²) >= 11 is 17.0. The molecule has 0 bridgehead atoms. The Hall–Kier alpha value is -1.09. The summed E-state index contributed by atoms with van der Waals surface area (Å²) in [4.78, 5) is 12.3. The molecule has 162 valence electrons. The molecule has 1 aromatic carbocycles. The lowest BCUT2D eigenvalue weighted by atomic mass is 10.1. The average molecular weight is 482 g/mol. The van der Waals surface area contributed by atoms with Gasteiger partial charge >= 0.3 is 12.1 Å². The number of carbonyl (C=O) groups excluding carboxylic acids is 1. The van der Waals surface area contributed by atoms with Crippen molar-refractivity contribution in [1.82, 2.24) is 0 Å². The summed E-state index contributed by atoms with van der Waals surface area (Å²) in [6, 6.07) is 0. The van der Waals surface area contributed by atoms with Gasteiger partial charge in [-0.3, -0.25) is 4.79 Å². The number of halogens is 8. The highest BCUT2D eigenvalue weighted by Gasteiger charge is 2.62. The quantitative estimate of drug-likeness (QED) is 0.267. The molecule has 0 spiro atoms. The van der Waals surface area contributed by atoms with Gasteiger partial charge in [0.15, 0.2) is 11.6 Å². The second kappa shape index (κ2) is 8.57. The van der Waals surface area contributed by atoms with Crippen LogP contribution in [0.3, 0.4) is 0 Å². The average Bonchev–Trinajstić information content (AvgIpc) is 3.16. The predicted molar refractivity (Wildman–Crippen MR) is 97.6 cm³/mol. The molecule has 1 aliphatic rings. The molecule has 0 radical (unpaired) electrons. The first-order chi connectivity index (χ1) is 13.2. The van der Waals surface area contributed by atoms with Crippen LogP contribution in [0.5, 0.6) is 0 Å². The molecule has 0 saturated heterocycles. The van der Waals surface area contributed by atoms with E-state index in [4.69, 9.17) is 39.5 Å². The third kappa shape index (κ3) is 4.81. The minimum absolute atomic E-state index is 0.296. The van der Waals surface area contributed by atoms with Crippen molar-refractivity contribution in [1.29, 1.82) is 0 Å². The summed E-state index contributed by atoms with van der Waals surface area (Å²) in [5.41, 5.74) is -1.61. The largest absolute Gasteiger partial charge is 0.460 e. The van der Waals surface area contributed by atoms with Gasteiger partial charge in [-0.25, -0.2) is 8.78 Å². The topological polar surface area (TPSA) is 35.5 Å². The van der Waals surface area contributed by atoms with Gasteiger partial charge in [-0.1, -0.05) is 54.7 Å². The van der Waals surface area contributed by atoms with Gasteiger partial charge in [0.2, 0.25) is 0 Å². The number of hydrogen-bond acceptors (Lipinski definition) is 3.